The first-order valence-corrected chi connectivity index (χ1v) is 8.87. The Morgan fingerprint density at radius 2 is 2.21 bits per heavy atom. The van der Waals surface area contributed by atoms with Gasteiger partial charge in [0.15, 0.2) is 0 Å². The van der Waals surface area contributed by atoms with Gasteiger partial charge in [0, 0.05) is 50.7 Å². The van der Waals surface area contributed by atoms with E-state index in [1.807, 2.05) is 35.2 Å². The third-order valence-corrected chi connectivity index (χ3v) is 4.89. The zero-order valence-corrected chi connectivity index (χ0v) is 14.9. The van der Waals surface area contributed by atoms with Crippen LogP contribution in [0.25, 0.3) is 0 Å². The van der Waals surface area contributed by atoms with Crippen LogP contribution in [-0.4, -0.2) is 42.7 Å². The lowest BCUT2D eigenvalue weighted by Crippen LogP contribution is -2.44. The molecule has 0 aromatic carbocycles. The highest BCUT2D eigenvalue weighted by atomic mass is 16.2. The molecule has 1 aliphatic rings. The summed E-state index contributed by atoms with van der Waals surface area (Å²) in [6.07, 6.45) is 12.6. The van der Waals surface area contributed by atoms with Crippen molar-refractivity contribution in [2.75, 3.05) is 6.54 Å². The predicted octanol–water partition coefficient (Wildman–Crippen LogP) is 2.83. The summed E-state index contributed by atoms with van der Waals surface area (Å²) in [4.78, 5) is 19.4. The summed E-state index contributed by atoms with van der Waals surface area (Å²) in [6.45, 7) is 4.98. The minimum atomic E-state index is 0.117. The Labute approximate surface area is 143 Å². The van der Waals surface area contributed by atoms with Gasteiger partial charge >= 0.3 is 0 Å². The molecule has 1 saturated heterocycles. The van der Waals surface area contributed by atoms with Crippen LogP contribution in [0.2, 0.25) is 0 Å². The molecule has 24 heavy (non-hydrogen) atoms. The molecule has 0 N–H and O–H groups in total. The molecule has 3 heterocycles. The Morgan fingerprint density at radius 1 is 1.38 bits per heavy atom. The van der Waals surface area contributed by atoms with E-state index in [0.29, 0.717) is 11.6 Å². The van der Waals surface area contributed by atoms with Gasteiger partial charge < -0.3 is 9.47 Å². The topological polar surface area (TPSA) is 56.0 Å². The van der Waals surface area contributed by atoms with E-state index in [0.717, 1.165) is 38.1 Å². The van der Waals surface area contributed by atoms with Gasteiger partial charge in [-0.15, -0.1) is 0 Å². The number of rotatable bonds is 5. The van der Waals surface area contributed by atoms with Gasteiger partial charge in [-0.1, -0.05) is 0 Å². The Kier molecular flexibility index (Phi) is 5.02. The van der Waals surface area contributed by atoms with Gasteiger partial charge in [-0.05, 0) is 39.5 Å². The van der Waals surface area contributed by atoms with Crippen molar-refractivity contribution in [2.45, 2.75) is 58.0 Å². The second-order valence-electron chi connectivity index (χ2n) is 6.94. The number of amides is 1. The first kappa shape index (κ1) is 16.7. The molecule has 0 aliphatic carbocycles. The number of piperidine rings is 1. The van der Waals surface area contributed by atoms with Crippen molar-refractivity contribution in [3.8, 4) is 0 Å². The molecular weight excluding hydrogens is 302 g/mol. The second kappa shape index (κ2) is 7.20. The molecule has 0 spiro atoms. The average Bonchev–Trinajstić information content (AvgIpc) is 3.22. The lowest BCUT2D eigenvalue weighted by atomic mass is 9.97. The number of imidazole rings is 1. The molecule has 1 aliphatic heterocycles. The Balaban J connectivity index is 1.69. The van der Waals surface area contributed by atoms with Crippen LogP contribution in [0.4, 0.5) is 0 Å². The van der Waals surface area contributed by atoms with E-state index < -0.39 is 0 Å². The van der Waals surface area contributed by atoms with Crippen molar-refractivity contribution in [2.24, 2.45) is 7.05 Å². The molecule has 1 unspecified atom stereocenters. The van der Waals surface area contributed by atoms with Crippen LogP contribution < -0.4 is 0 Å². The molecular formula is C18H27N5O. The van der Waals surface area contributed by atoms with Crippen molar-refractivity contribution in [3.63, 3.8) is 0 Å². The van der Waals surface area contributed by atoms with Gasteiger partial charge in [0.25, 0.3) is 5.91 Å². The maximum atomic E-state index is 12.9. The molecule has 2 aromatic rings. The van der Waals surface area contributed by atoms with E-state index in [1.54, 1.807) is 6.20 Å². The summed E-state index contributed by atoms with van der Waals surface area (Å²) in [5.74, 6) is 1.20. The molecule has 0 radical (unpaired) electrons. The predicted molar refractivity (Wildman–Crippen MR) is 92.8 cm³/mol. The van der Waals surface area contributed by atoms with Crippen LogP contribution in [0.1, 0.15) is 61.8 Å². The van der Waals surface area contributed by atoms with Gasteiger partial charge in [0.2, 0.25) is 0 Å². The van der Waals surface area contributed by atoms with E-state index in [9.17, 15) is 4.79 Å². The van der Waals surface area contributed by atoms with E-state index in [1.165, 1.54) is 6.42 Å². The van der Waals surface area contributed by atoms with Gasteiger partial charge in [0.1, 0.15) is 5.82 Å². The Morgan fingerprint density at radius 3 is 2.88 bits per heavy atom. The number of nitrogens with zero attached hydrogens (tertiary/aromatic N) is 5. The molecule has 3 rings (SSSR count). The number of likely N-dealkylation sites (tertiary alicyclic amines) is 1. The van der Waals surface area contributed by atoms with Crippen molar-refractivity contribution in [3.05, 3.63) is 36.2 Å². The van der Waals surface area contributed by atoms with Crippen molar-refractivity contribution in [1.82, 2.24) is 24.2 Å². The van der Waals surface area contributed by atoms with Crippen LogP contribution in [0.5, 0.6) is 0 Å². The smallest absolute Gasteiger partial charge is 0.257 e. The van der Waals surface area contributed by atoms with Gasteiger partial charge in [-0.25, -0.2) is 4.98 Å². The van der Waals surface area contributed by atoms with Crippen molar-refractivity contribution < 1.29 is 4.79 Å². The van der Waals surface area contributed by atoms with Crippen LogP contribution in [-0.2, 0) is 13.5 Å². The molecule has 0 bridgehead atoms. The zero-order valence-electron chi connectivity index (χ0n) is 14.9. The van der Waals surface area contributed by atoms with E-state index in [-0.39, 0.29) is 11.9 Å². The summed E-state index contributed by atoms with van der Waals surface area (Å²) < 4.78 is 3.90. The van der Waals surface area contributed by atoms with Crippen molar-refractivity contribution >= 4 is 5.91 Å². The highest BCUT2D eigenvalue weighted by Crippen LogP contribution is 2.23. The number of carbonyl (C=O) groups is 1. The van der Waals surface area contributed by atoms with Crippen molar-refractivity contribution in [1.29, 1.82) is 0 Å². The van der Waals surface area contributed by atoms with E-state index in [2.05, 4.69) is 28.5 Å². The van der Waals surface area contributed by atoms with E-state index >= 15 is 0 Å². The maximum Gasteiger partial charge on any atom is 0.257 e. The highest BCUT2D eigenvalue weighted by Gasteiger charge is 2.28. The van der Waals surface area contributed by atoms with Gasteiger partial charge in [-0.3, -0.25) is 9.48 Å². The summed E-state index contributed by atoms with van der Waals surface area (Å²) in [7, 11) is 2.02. The molecule has 0 saturated carbocycles. The lowest BCUT2D eigenvalue weighted by molar-refractivity contribution is 0.0601. The summed E-state index contributed by atoms with van der Waals surface area (Å²) in [6, 6.07) is 0.567. The minimum absolute atomic E-state index is 0.117. The molecule has 6 nitrogen and oxygen atoms in total. The van der Waals surface area contributed by atoms with Crippen LogP contribution >= 0.6 is 0 Å². The highest BCUT2D eigenvalue weighted by molar-refractivity contribution is 5.94. The van der Waals surface area contributed by atoms with Crippen LogP contribution in [0.15, 0.2) is 24.8 Å². The number of aromatic nitrogens is 4. The van der Waals surface area contributed by atoms with Gasteiger partial charge in [0.05, 0.1) is 11.8 Å². The van der Waals surface area contributed by atoms with Gasteiger partial charge in [-0.2, -0.15) is 5.10 Å². The fourth-order valence-corrected chi connectivity index (χ4v) is 3.40. The lowest BCUT2D eigenvalue weighted by Gasteiger charge is -2.35. The number of hydrogen-bond acceptors (Lipinski definition) is 3. The standard InChI is InChI=1S/C18H27N5O/c1-14(2)23-13-15(12-20-23)18(24)22-10-5-4-6-16(22)7-8-17-19-9-11-21(17)3/h9,11-14,16H,4-8,10H2,1-3H3. The molecule has 1 amide bonds. The van der Waals surface area contributed by atoms with Crippen LogP contribution in [0, 0.1) is 0 Å². The molecule has 1 atom stereocenters. The molecule has 1 fully saturated rings. The zero-order chi connectivity index (χ0) is 17.1. The summed E-state index contributed by atoms with van der Waals surface area (Å²) in [5.41, 5.74) is 0.701. The number of carbonyl (C=O) groups excluding carboxylic acids is 1. The largest absolute Gasteiger partial charge is 0.338 e. The van der Waals surface area contributed by atoms with E-state index in [4.69, 9.17) is 0 Å². The minimum Gasteiger partial charge on any atom is -0.338 e. The molecule has 130 valence electrons. The fraction of sp³-hybridized carbons (Fsp3) is 0.611. The average molecular weight is 329 g/mol. The quantitative estimate of drug-likeness (QED) is 0.847. The van der Waals surface area contributed by atoms with Crippen LogP contribution in [0.3, 0.4) is 0 Å². The summed E-state index contributed by atoms with van der Waals surface area (Å²) >= 11 is 0. The fourth-order valence-electron chi connectivity index (χ4n) is 3.40. The summed E-state index contributed by atoms with van der Waals surface area (Å²) in [5, 5.41) is 4.31. The first-order valence-electron chi connectivity index (χ1n) is 8.87. The SMILES string of the molecule is CC(C)n1cc(C(=O)N2CCCCC2CCc2nccn2C)cn1. The Bertz CT molecular complexity index is 687. The number of aryl methyl sites for hydroxylation is 2. The molecule has 2 aromatic heterocycles. The first-order chi connectivity index (χ1) is 11.6. The monoisotopic (exact) mass is 329 g/mol. The Hall–Kier alpha value is -2.11. The number of hydrogen-bond donors (Lipinski definition) is 0. The maximum absolute atomic E-state index is 12.9. The second-order valence-corrected chi connectivity index (χ2v) is 6.94. The third-order valence-electron chi connectivity index (χ3n) is 4.89. The molecule has 6 heteroatoms. The normalized spacial score (nSPS) is 18.3. The third kappa shape index (κ3) is 3.52.